The van der Waals surface area contributed by atoms with E-state index in [2.05, 4.69) is 47.1 Å². The lowest BCUT2D eigenvalue weighted by Gasteiger charge is -2.16. The summed E-state index contributed by atoms with van der Waals surface area (Å²) in [5.41, 5.74) is 2.23. The molecule has 0 aliphatic rings. The summed E-state index contributed by atoms with van der Waals surface area (Å²) in [6.45, 7) is 4.38. The molecule has 0 spiro atoms. The van der Waals surface area contributed by atoms with E-state index in [1.165, 1.54) is 5.56 Å². The maximum atomic E-state index is 4.66. The third-order valence-electron chi connectivity index (χ3n) is 3.49. The second-order valence-corrected chi connectivity index (χ2v) is 5.62. The fourth-order valence-corrected chi connectivity index (χ4v) is 2.31. The van der Waals surface area contributed by atoms with E-state index in [1.54, 1.807) is 10.9 Å². The van der Waals surface area contributed by atoms with Gasteiger partial charge in [-0.1, -0.05) is 19.9 Å². The van der Waals surface area contributed by atoms with E-state index >= 15 is 0 Å². The van der Waals surface area contributed by atoms with E-state index in [9.17, 15) is 0 Å². The van der Waals surface area contributed by atoms with Crippen molar-refractivity contribution in [3.63, 3.8) is 0 Å². The van der Waals surface area contributed by atoms with E-state index in [0.29, 0.717) is 11.9 Å². The van der Waals surface area contributed by atoms with E-state index < -0.39 is 0 Å². The molecule has 0 aliphatic heterocycles. The lowest BCUT2D eigenvalue weighted by atomic mass is 10.0. The Morgan fingerprint density at radius 1 is 1.14 bits per heavy atom. The average Bonchev–Trinajstić information content (AvgIpc) is 2.99. The zero-order valence-electron chi connectivity index (χ0n) is 12.8. The van der Waals surface area contributed by atoms with Gasteiger partial charge in [0.15, 0.2) is 0 Å². The van der Waals surface area contributed by atoms with Crippen LogP contribution in [-0.2, 0) is 0 Å². The zero-order chi connectivity index (χ0) is 15.0. The Morgan fingerprint density at radius 3 is 2.57 bits per heavy atom. The number of hydrogen-bond acceptors (Lipinski definition) is 4. The predicted octanol–water partition coefficient (Wildman–Crippen LogP) is 3.00. The summed E-state index contributed by atoms with van der Waals surface area (Å²) in [6.07, 6.45) is 3.58. The minimum atomic E-state index is 0.482. The molecular weight excluding hydrogens is 262 g/mol. The monoisotopic (exact) mass is 281 g/mol. The molecule has 0 saturated carbocycles. The molecule has 21 heavy (non-hydrogen) atoms. The molecule has 0 atom stereocenters. The Morgan fingerprint density at radius 2 is 1.95 bits per heavy atom. The van der Waals surface area contributed by atoms with Crippen molar-refractivity contribution in [2.45, 2.75) is 19.8 Å². The van der Waals surface area contributed by atoms with Crippen LogP contribution in [0.1, 0.15) is 25.3 Å². The Bertz CT molecular complexity index is 760. The number of nitrogens with zero attached hydrogens (tertiary/aromatic N) is 5. The molecule has 0 saturated heterocycles. The smallest absolute Gasteiger partial charge is 0.253 e. The average molecular weight is 281 g/mol. The highest BCUT2D eigenvalue weighted by molar-refractivity contribution is 5.90. The van der Waals surface area contributed by atoms with Crippen LogP contribution >= 0.6 is 0 Å². The standard InChI is InChI=1S/C16H19N5/c1-11(2)12-6-7-14-13(10-12)15(20(3)4)19-16(18-14)21-9-5-8-17-21/h5-11H,1-4H3. The second-order valence-electron chi connectivity index (χ2n) is 5.62. The summed E-state index contributed by atoms with van der Waals surface area (Å²) in [4.78, 5) is 11.3. The van der Waals surface area contributed by atoms with Crippen molar-refractivity contribution in [1.82, 2.24) is 19.7 Å². The largest absolute Gasteiger partial charge is 0.362 e. The third-order valence-corrected chi connectivity index (χ3v) is 3.49. The Balaban J connectivity index is 2.26. The van der Waals surface area contributed by atoms with Crippen LogP contribution in [0, 0.1) is 0 Å². The molecule has 0 N–H and O–H groups in total. The minimum absolute atomic E-state index is 0.482. The van der Waals surface area contributed by atoms with Gasteiger partial charge in [-0.3, -0.25) is 0 Å². The van der Waals surface area contributed by atoms with Crippen LogP contribution < -0.4 is 4.90 Å². The molecule has 0 radical (unpaired) electrons. The normalized spacial score (nSPS) is 11.3. The molecule has 5 heteroatoms. The van der Waals surface area contributed by atoms with Crippen LogP contribution in [0.4, 0.5) is 5.82 Å². The lowest BCUT2D eigenvalue weighted by Crippen LogP contribution is -2.14. The maximum Gasteiger partial charge on any atom is 0.253 e. The van der Waals surface area contributed by atoms with E-state index in [-0.39, 0.29) is 0 Å². The molecule has 108 valence electrons. The molecule has 1 aromatic carbocycles. The molecule has 0 bridgehead atoms. The fraction of sp³-hybridized carbons (Fsp3) is 0.312. The third kappa shape index (κ3) is 2.46. The first kappa shape index (κ1) is 13.5. The Hall–Kier alpha value is -2.43. The lowest BCUT2D eigenvalue weighted by molar-refractivity contribution is 0.811. The summed E-state index contributed by atoms with van der Waals surface area (Å²) >= 11 is 0. The van der Waals surface area contributed by atoms with Gasteiger partial charge in [-0.05, 0) is 29.7 Å². The summed E-state index contributed by atoms with van der Waals surface area (Å²) in [5, 5.41) is 5.28. The minimum Gasteiger partial charge on any atom is -0.362 e. The number of rotatable bonds is 3. The highest BCUT2D eigenvalue weighted by Crippen LogP contribution is 2.27. The van der Waals surface area contributed by atoms with Crippen molar-refractivity contribution in [3.8, 4) is 5.95 Å². The Kier molecular flexibility index (Phi) is 3.33. The van der Waals surface area contributed by atoms with E-state index in [4.69, 9.17) is 0 Å². The zero-order valence-corrected chi connectivity index (χ0v) is 12.8. The van der Waals surface area contributed by atoms with Crippen LogP contribution in [0.5, 0.6) is 0 Å². The first-order valence-electron chi connectivity index (χ1n) is 7.05. The number of benzene rings is 1. The molecule has 2 heterocycles. The number of hydrogen-bond donors (Lipinski definition) is 0. The van der Waals surface area contributed by atoms with Crippen LogP contribution in [-0.4, -0.2) is 33.8 Å². The molecule has 5 nitrogen and oxygen atoms in total. The number of aromatic nitrogens is 4. The molecule has 0 aliphatic carbocycles. The summed E-state index contributed by atoms with van der Waals surface area (Å²) in [5.74, 6) is 1.98. The van der Waals surface area contributed by atoms with Crippen LogP contribution in [0.3, 0.4) is 0 Å². The van der Waals surface area contributed by atoms with Gasteiger partial charge in [0.2, 0.25) is 0 Å². The summed E-state index contributed by atoms with van der Waals surface area (Å²) in [7, 11) is 3.99. The summed E-state index contributed by atoms with van der Waals surface area (Å²) in [6, 6.07) is 8.24. The van der Waals surface area contributed by atoms with Gasteiger partial charge < -0.3 is 4.90 Å². The van der Waals surface area contributed by atoms with Gasteiger partial charge in [0.1, 0.15) is 5.82 Å². The van der Waals surface area contributed by atoms with Crippen molar-refractivity contribution >= 4 is 16.7 Å². The first-order chi connectivity index (χ1) is 10.1. The molecule has 0 unspecified atom stereocenters. The molecule has 0 fully saturated rings. The molecule has 2 aromatic heterocycles. The van der Waals surface area contributed by atoms with Gasteiger partial charge >= 0.3 is 0 Å². The maximum absolute atomic E-state index is 4.66. The van der Waals surface area contributed by atoms with Gasteiger partial charge in [-0.25, -0.2) is 9.67 Å². The fourth-order valence-electron chi connectivity index (χ4n) is 2.31. The van der Waals surface area contributed by atoms with Crippen LogP contribution in [0.2, 0.25) is 0 Å². The highest BCUT2D eigenvalue weighted by atomic mass is 15.3. The van der Waals surface area contributed by atoms with Crippen LogP contribution in [0.25, 0.3) is 16.9 Å². The predicted molar refractivity (Wildman–Crippen MR) is 85.1 cm³/mol. The molecular formula is C16H19N5. The van der Waals surface area contributed by atoms with Crippen molar-refractivity contribution in [1.29, 1.82) is 0 Å². The highest BCUT2D eigenvalue weighted by Gasteiger charge is 2.12. The number of fused-ring (bicyclic) bond motifs is 1. The molecule has 0 amide bonds. The summed E-state index contributed by atoms with van der Waals surface area (Å²) < 4.78 is 1.68. The van der Waals surface area contributed by atoms with Gasteiger partial charge in [0.05, 0.1) is 5.52 Å². The molecule has 3 rings (SSSR count). The quantitative estimate of drug-likeness (QED) is 0.740. The first-order valence-corrected chi connectivity index (χ1v) is 7.05. The number of anilines is 1. The van der Waals surface area contributed by atoms with Gasteiger partial charge in [0, 0.05) is 31.9 Å². The van der Waals surface area contributed by atoms with Crippen molar-refractivity contribution < 1.29 is 0 Å². The van der Waals surface area contributed by atoms with Gasteiger partial charge in [-0.2, -0.15) is 10.1 Å². The SMILES string of the molecule is CC(C)c1ccc2nc(-n3cccn3)nc(N(C)C)c2c1. The Labute approximate surface area is 124 Å². The van der Waals surface area contributed by atoms with Gasteiger partial charge in [0.25, 0.3) is 5.95 Å². The molecule has 3 aromatic rings. The van der Waals surface area contributed by atoms with Crippen LogP contribution in [0.15, 0.2) is 36.7 Å². The van der Waals surface area contributed by atoms with Crippen molar-refractivity contribution in [2.24, 2.45) is 0 Å². The van der Waals surface area contributed by atoms with E-state index in [1.807, 2.05) is 31.3 Å². The second kappa shape index (κ2) is 5.16. The van der Waals surface area contributed by atoms with Crippen molar-refractivity contribution in [3.05, 3.63) is 42.2 Å². The van der Waals surface area contributed by atoms with Crippen molar-refractivity contribution in [2.75, 3.05) is 19.0 Å². The topological polar surface area (TPSA) is 46.8 Å². The van der Waals surface area contributed by atoms with E-state index in [0.717, 1.165) is 16.7 Å². The van der Waals surface area contributed by atoms with Gasteiger partial charge in [-0.15, -0.1) is 0 Å².